The van der Waals surface area contributed by atoms with E-state index in [1.54, 1.807) is 24.3 Å². The monoisotopic (exact) mass is 957 g/mol. The molecule has 11 nitrogen and oxygen atoms in total. The van der Waals surface area contributed by atoms with Crippen LogP contribution in [0.5, 0.6) is 0 Å². The zero-order valence-electron chi connectivity index (χ0n) is 39.6. The molecule has 0 N–H and O–H groups in total. The van der Waals surface area contributed by atoms with Crippen molar-refractivity contribution in [2.75, 3.05) is 0 Å². The summed E-state index contributed by atoms with van der Waals surface area (Å²) < 4.78 is 2.17. The molecule has 9 aromatic carbocycles. The Morgan fingerprint density at radius 1 is 0.347 bits per heavy atom. The van der Waals surface area contributed by atoms with Gasteiger partial charge in [0, 0.05) is 49.7 Å². The Bertz CT molecular complexity index is 4140. The van der Waals surface area contributed by atoms with Crippen LogP contribution >= 0.6 is 0 Å². The fraction of sp³-hybridized carbons (Fsp3) is 0. The van der Waals surface area contributed by atoms with Gasteiger partial charge in [0.15, 0.2) is 40.6 Å². The number of hydrogen-bond acceptors (Lipinski definition) is 9. The van der Waals surface area contributed by atoms with Crippen molar-refractivity contribution in [2.45, 2.75) is 0 Å². The summed E-state index contributed by atoms with van der Waals surface area (Å²) in [6.45, 7) is 8.13. The third kappa shape index (κ3) is 8.43. The van der Waals surface area contributed by atoms with Gasteiger partial charge in [0.2, 0.25) is 0 Å². The van der Waals surface area contributed by atoms with Crippen LogP contribution < -0.4 is 0 Å². The van der Waals surface area contributed by atoms with Gasteiger partial charge in [-0.05, 0) is 76.9 Å². The fourth-order valence-electron chi connectivity index (χ4n) is 9.42. The lowest BCUT2D eigenvalue weighted by Crippen LogP contribution is -2.05. The predicted molar refractivity (Wildman–Crippen MR) is 291 cm³/mol. The summed E-state index contributed by atoms with van der Waals surface area (Å²) in [5.41, 5.74) is 11.2. The molecule has 75 heavy (non-hydrogen) atoms. The molecule has 0 fully saturated rings. The molecule has 0 saturated heterocycles. The molecular formula is C64H35N11. The second-order valence-corrected chi connectivity index (χ2v) is 17.5. The molecule has 3 heterocycles. The van der Waals surface area contributed by atoms with Gasteiger partial charge in [-0.25, -0.2) is 34.7 Å². The van der Waals surface area contributed by atoms with Crippen molar-refractivity contribution >= 4 is 27.5 Å². The molecule has 0 saturated carbocycles. The number of aromatic nitrogens is 7. The highest BCUT2D eigenvalue weighted by molar-refractivity contribution is 6.12. The Balaban J connectivity index is 1.19. The van der Waals surface area contributed by atoms with E-state index in [1.807, 2.05) is 170 Å². The van der Waals surface area contributed by atoms with E-state index in [4.69, 9.17) is 36.5 Å². The van der Waals surface area contributed by atoms with Gasteiger partial charge < -0.3 is 4.57 Å². The van der Waals surface area contributed by atoms with Crippen molar-refractivity contribution in [2.24, 2.45) is 0 Å². The lowest BCUT2D eigenvalue weighted by atomic mass is 9.97. The number of nitriles is 3. The second-order valence-electron chi connectivity index (χ2n) is 17.5. The van der Waals surface area contributed by atoms with Crippen molar-refractivity contribution < 1.29 is 0 Å². The third-order valence-electron chi connectivity index (χ3n) is 13.0. The molecule has 0 spiro atoms. The van der Waals surface area contributed by atoms with E-state index >= 15 is 0 Å². The topological polar surface area (TPSA) is 158 Å². The average molecular weight is 958 g/mol. The number of fused-ring (bicyclic) bond motifs is 3. The maximum Gasteiger partial charge on any atom is 0.196 e. The van der Waals surface area contributed by atoms with E-state index in [0.29, 0.717) is 85.3 Å². The average Bonchev–Trinajstić information content (AvgIpc) is 3.87. The van der Waals surface area contributed by atoms with Crippen LogP contribution in [0.15, 0.2) is 212 Å². The minimum Gasteiger partial charge on any atom is -0.308 e. The highest BCUT2D eigenvalue weighted by Gasteiger charge is 2.23. The lowest BCUT2D eigenvalue weighted by Gasteiger charge is -2.17. The summed E-state index contributed by atoms with van der Waals surface area (Å²) in [6, 6.07) is 74.4. The summed E-state index contributed by atoms with van der Waals surface area (Å²) in [4.78, 5) is 34.7. The molecule has 0 atom stereocenters. The maximum atomic E-state index is 10.4. The van der Waals surface area contributed by atoms with Crippen LogP contribution in [-0.2, 0) is 0 Å². The van der Waals surface area contributed by atoms with Crippen molar-refractivity contribution in [1.29, 1.82) is 15.8 Å². The van der Waals surface area contributed by atoms with E-state index in [0.717, 1.165) is 55.2 Å². The summed E-state index contributed by atoms with van der Waals surface area (Å²) in [5, 5.41) is 31.7. The minimum absolute atomic E-state index is 0.349. The lowest BCUT2D eigenvalue weighted by molar-refractivity contribution is 1.06. The first kappa shape index (κ1) is 44.9. The van der Waals surface area contributed by atoms with E-state index in [-0.39, 0.29) is 0 Å². The minimum atomic E-state index is 0.349. The quantitative estimate of drug-likeness (QED) is 0.128. The SMILES string of the molecule is [C-]#[N+]c1cc(C#N)ccc1-c1ccc2c3ccc(-c4ccc(C#N)cc4C#N)cc3n(-c3ccc(-c4nc(-c5ccccc5)nc(-c5ccccc5)n4)cc3-c3nc(-c4ccccc4)nc(-c4ccccc4)n3)c2c1. The highest BCUT2D eigenvalue weighted by atomic mass is 15.1. The molecular weight excluding hydrogens is 923 g/mol. The number of benzene rings is 9. The van der Waals surface area contributed by atoms with Crippen LogP contribution in [0.3, 0.4) is 0 Å². The van der Waals surface area contributed by atoms with Gasteiger partial charge in [0.1, 0.15) is 0 Å². The second kappa shape index (κ2) is 19.2. The van der Waals surface area contributed by atoms with Gasteiger partial charge in [-0.2, -0.15) is 15.8 Å². The number of nitrogens with zero attached hydrogens (tertiary/aromatic N) is 11. The molecule has 0 amide bonds. The Morgan fingerprint density at radius 2 is 0.760 bits per heavy atom. The van der Waals surface area contributed by atoms with Crippen molar-refractivity contribution in [3.8, 4) is 114 Å². The molecule has 0 aliphatic carbocycles. The normalized spacial score (nSPS) is 10.9. The summed E-state index contributed by atoms with van der Waals surface area (Å²) >= 11 is 0. The Hall–Kier alpha value is -11.2. The first-order valence-electron chi connectivity index (χ1n) is 23.8. The van der Waals surface area contributed by atoms with Crippen LogP contribution in [0, 0.1) is 40.6 Å². The number of hydrogen-bond donors (Lipinski definition) is 0. The van der Waals surface area contributed by atoms with Crippen molar-refractivity contribution in [3.05, 3.63) is 240 Å². The zero-order chi connectivity index (χ0) is 50.8. The molecule has 0 radical (unpaired) electrons. The Labute approximate surface area is 430 Å². The van der Waals surface area contributed by atoms with E-state index in [1.165, 1.54) is 0 Å². The van der Waals surface area contributed by atoms with Crippen LogP contribution in [-0.4, -0.2) is 34.5 Å². The molecule has 0 aliphatic heterocycles. The predicted octanol–water partition coefficient (Wildman–Crippen LogP) is 14.7. The van der Waals surface area contributed by atoms with Gasteiger partial charge in [-0.1, -0.05) is 158 Å². The highest BCUT2D eigenvalue weighted by Crippen LogP contribution is 2.42. The zero-order valence-corrected chi connectivity index (χ0v) is 39.6. The smallest absolute Gasteiger partial charge is 0.196 e. The van der Waals surface area contributed by atoms with E-state index in [2.05, 4.69) is 45.8 Å². The molecule has 11 heteroatoms. The summed E-state index contributed by atoms with van der Waals surface area (Å²) in [5.74, 6) is 2.76. The molecule has 12 rings (SSSR count). The van der Waals surface area contributed by atoms with Crippen molar-refractivity contribution in [3.63, 3.8) is 0 Å². The van der Waals surface area contributed by atoms with E-state index < -0.39 is 0 Å². The molecule has 3 aromatic heterocycles. The molecule has 12 aromatic rings. The maximum absolute atomic E-state index is 10.4. The third-order valence-corrected chi connectivity index (χ3v) is 13.0. The largest absolute Gasteiger partial charge is 0.308 e. The van der Waals surface area contributed by atoms with Gasteiger partial charge >= 0.3 is 0 Å². The van der Waals surface area contributed by atoms with Crippen LogP contribution in [0.25, 0.3) is 123 Å². The van der Waals surface area contributed by atoms with E-state index in [9.17, 15) is 15.8 Å². The standard InChI is InChI=1S/C64H35N11/c1-68-55-33-41(38-66)23-28-51(55)47-25-30-53-52-29-24-46(50-27-22-40(37-65)32-49(50)39-67)35-57(52)75(58(53)36-47)56-31-26-48(63-71-59(42-14-6-2-7-15-42)69-60(72-63)43-16-8-3-9-17-43)34-54(56)64-73-61(44-18-10-4-11-19-44)70-62(74-64)45-20-12-5-13-21-45/h2-36H. The molecule has 0 bridgehead atoms. The van der Waals surface area contributed by atoms with Crippen LogP contribution in [0.1, 0.15) is 16.7 Å². The van der Waals surface area contributed by atoms with Crippen LogP contribution in [0.2, 0.25) is 0 Å². The number of rotatable bonds is 9. The summed E-state index contributed by atoms with van der Waals surface area (Å²) in [7, 11) is 0. The Morgan fingerprint density at radius 3 is 1.21 bits per heavy atom. The first-order valence-corrected chi connectivity index (χ1v) is 23.8. The first-order chi connectivity index (χ1) is 37.0. The van der Waals surface area contributed by atoms with Gasteiger partial charge in [-0.15, -0.1) is 0 Å². The molecule has 0 unspecified atom stereocenters. The fourth-order valence-corrected chi connectivity index (χ4v) is 9.42. The van der Waals surface area contributed by atoms with Crippen molar-refractivity contribution in [1.82, 2.24) is 34.5 Å². The van der Waals surface area contributed by atoms with Gasteiger partial charge in [0.25, 0.3) is 0 Å². The molecule has 0 aliphatic rings. The van der Waals surface area contributed by atoms with Gasteiger partial charge in [0.05, 0.1) is 52.6 Å². The van der Waals surface area contributed by atoms with Gasteiger partial charge in [-0.3, -0.25) is 0 Å². The Kier molecular flexibility index (Phi) is 11.5. The summed E-state index contributed by atoms with van der Waals surface area (Å²) in [6.07, 6.45) is 0. The molecule has 346 valence electrons. The van der Waals surface area contributed by atoms with Crippen LogP contribution in [0.4, 0.5) is 5.69 Å².